The first-order valence-electron chi connectivity index (χ1n) is 6.46. The number of carbonyl (C=O) groups excluding carboxylic acids is 1. The van der Waals surface area contributed by atoms with E-state index in [-0.39, 0.29) is 25.0 Å². The van der Waals surface area contributed by atoms with Gasteiger partial charge in [-0.1, -0.05) is 15.9 Å². The van der Waals surface area contributed by atoms with Crippen molar-refractivity contribution >= 4 is 27.8 Å². The van der Waals surface area contributed by atoms with E-state index in [1.807, 2.05) is 12.1 Å². The largest absolute Gasteiger partial charge is 0.484 e. The molecule has 1 aromatic carbocycles. The van der Waals surface area contributed by atoms with Gasteiger partial charge in [0.1, 0.15) is 5.75 Å². The summed E-state index contributed by atoms with van der Waals surface area (Å²) in [5.41, 5.74) is 0. The van der Waals surface area contributed by atoms with Crippen LogP contribution in [0.3, 0.4) is 0 Å². The highest BCUT2D eigenvalue weighted by molar-refractivity contribution is 9.10. The fourth-order valence-corrected chi connectivity index (χ4v) is 2.60. The van der Waals surface area contributed by atoms with E-state index in [0.29, 0.717) is 12.3 Å². The first-order chi connectivity index (χ1) is 9.56. The molecule has 0 spiro atoms. The molecule has 0 aliphatic carbocycles. The Hall–Kier alpha value is -1.56. The minimum Gasteiger partial charge on any atom is -0.484 e. The van der Waals surface area contributed by atoms with Crippen molar-refractivity contribution < 1.29 is 19.4 Å². The summed E-state index contributed by atoms with van der Waals surface area (Å²) < 4.78 is 6.37. The number of aliphatic carboxylic acids is 1. The number of benzene rings is 1. The number of carboxylic acids is 1. The van der Waals surface area contributed by atoms with E-state index >= 15 is 0 Å². The molecule has 6 heteroatoms. The number of hydrogen-bond donors (Lipinski definition) is 1. The molecule has 5 nitrogen and oxygen atoms in total. The lowest BCUT2D eigenvalue weighted by atomic mass is 10.1. The maximum Gasteiger partial charge on any atom is 0.305 e. The maximum absolute atomic E-state index is 12.1. The highest BCUT2D eigenvalue weighted by Gasteiger charge is 2.30. The van der Waals surface area contributed by atoms with Crippen LogP contribution in [0.15, 0.2) is 28.7 Å². The summed E-state index contributed by atoms with van der Waals surface area (Å²) in [6.45, 7) is 0.554. The number of hydrogen-bond acceptors (Lipinski definition) is 3. The quantitative estimate of drug-likeness (QED) is 0.892. The Morgan fingerprint density at radius 3 is 2.70 bits per heavy atom. The summed E-state index contributed by atoms with van der Waals surface area (Å²) in [6.07, 6.45) is 1.60. The van der Waals surface area contributed by atoms with Gasteiger partial charge in [-0.3, -0.25) is 9.59 Å². The molecule has 1 atom stereocenters. The number of ether oxygens (including phenoxy) is 1. The molecule has 1 amide bonds. The van der Waals surface area contributed by atoms with E-state index in [2.05, 4.69) is 15.9 Å². The summed E-state index contributed by atoms with van der Waals surface area (Å²) in [6, 6.07) is 7.02. The number of nitrogens with zero attached hydrogens (tertiary/aromatic N) is 1. The maximum atomic E-state index is 12.1. The van der Waals surface area contributed by atoms with Gasteiger partial charge in [0.05, 0.1) is 6.42 Å². The van der Waals surface area contributed by atoms with Gasteiger partial charge in [-0.15, -0.1) is 0 Å². The summed E-state index contributed by atoms with van der Waals surface area (Å²) in [7, 11) is 0. The van der Waals surface area contributed by atoms with E-state index in [1.165, 1.54) is 0 Å². The van der Waals surface area contributed by atoms with Crippen molar-refractivity contribution in [3.63, 3.8) is 0 Å². The Labute approximate surface area is 125 Å². The lowest BCUT2D eigenvalue weighted by Crippen LogP contribution is -2.39. The Kier molecular flexibility index (Phi) is 5.00. The highest BCUT2D eigenvalue weighted by Crippen LogP contribution is 2.21. The summed E-state index contributed by atoms with van der Waals surface area (Å²) in [5.74, 6) is -0.407. The Bertz CT molecular complexity index is 488. The van der Waals surface area contributed by atoms with Crippen LogP contribution in [-0.2, 0) is 9.59 Å². The molecule has 20 heavy (non-hydrogen) atoms. The number of amides is 1. The third-order valence-corrected chi connectivity index (χ3v) is 3.81. The van der Waals surface area contributed by atoms with Crippen LogP contribution >= 0.6 is 15.9 Å². The van der Waals surface area contributed by atoms with Gasteiger partial charge in [0, 0.05) is 17.1 Å². The van der Waals surface area contributed by atoms with Crippen LogP contribution in [0, 0.1) is 0 Å². The number of rotatable bonds is 5. The zero-order valence-corrected chi connectivity index (χ0v) is 12.5. The molecular weight excluding hydrogens is 326 g/mol. The fourth-order valence-electron chi connectivity index (χ4n) is 2.34. The number of likely N-dealkylation sites (tertiary alicyclic amines) is 1. The molecule has 1 fully saturated rings. The van der Waals surface area contributed by atoms with Crippen molar-refractivity contribution in [1.29, 1.82) is 0 Å². The average molecular weight is 342 g/mol. The summed E-state index contributed by atoms with van der Waals surface area (Å²) >= 11 is 3.32. The van der Waals surface area contributed by atoms with Crippen molar-refractivity contribution in [3.8, 4) is 5.75 Å². The van der Waals surface area contributed by atoms with E-state index in [0.717, 1.165) is 17.3 Å². The van der Waals surface area contributed by atoms with Crippen LogP contribution in [0.25, 0.3) is 0 Å². The second kappa shape index (κ2) is 6.74. The molecule has 0 aromatic heterocycles. The predicted octanol–water partition coefficient (Wildman–Crippen LogP) is 2.29. The molecule has 1 aromatic rings. The SMILES string of the molecule is O=C(O)CC1CCCN1C(=O)COc1ccc(Br)cc1. The lowest BCUT2D eigenvalue weighted by Gasteiger charge is -2.23. The third kappa shape index (κ3) is 3.96. The standard InChI is InChI=1S/C14H16BrNO4/c15-10-3-5-12(6-4-10)20-9-13(17)16-7-1-2-11(16)8-14(18)19/h3-6,11H,1-2,7-9H2,(H,18,19). The Balaban J connectivity index is 1.87. The minimum absolute atomic E-state index is 0.00399. The average Bonchev–Trinajstić information content (AvgIpc) is 2.85. The molecule has 1 aliphatic heterocycles. The van der Waals surface area contributed by atoms with Crippen LogP contribution in [-0.4, -0.2) is 41.1 Å². The molecule has 1 N–H and O–H groups in total. The topological polar surface area (TPSA) is 66.8 Å². The Morgan fingerprint density at radius 1 is 1.35 bits per heavy atom. The van der Waals surface area contributed by atoms with E-state index in [9.17, 15) is 9.59 Å². The molecular formula is C14H16BrNO4. The van der Waals surface area contributed by atoms with Gasteiger partial charge in [0.2, 0.25) is 0 Å². The third-order valence-electron chi connectivity index (χ3n) is 3.28. The van der Waals surface area contributed by atoms with E-state index < -0.39 is 5.97 Å². The fraction of sp³-hybridized carbons (Fsp3) is 0.429. The van der Waals surface area contributed by atoms with Gasteiger partial charge in [0.15, 0.2) is 6.61 Å². The number of halogens is 1. The predicted molar refractivity (Wildman–Crippen MR) is 76.6 cm³/mol. The van der Waals surface area contributed by atoms with Crippen molar-refractivity contribution in [1.82, 2.24) is 4.90 Å². The summed E-state index contributed by atoms with van der Waals surface area (Å²) in [4.78, 5) is 24.5. The molecule has 0 saturated carbocycles. The normalized spacial score (nSPS) is 18.1. The first-order valence-corrected chi connectivity index (χ1v) is 7.25. The van der Waals surface area contributed by atoms with Crippen molar-refractivity contribution in [2.24, 2.45) is 0 Å². The molecule has 108 valence electrons. The molecule has 2 rings (SSSR count). The van der Waals surface area contributed by atoms with Gasteiger partial charge in [-0.25, -0.2) is 0 Å². The van der Waals surface area contributed by atoms with Crippen LogP contribution in [0.2, 0.25) is 0 Å². The van der Waals surface area contributed by atoms with Gasteiger partial charge in [0.25, 0.3) is 5.91 Å². The zero-order chi connectivity index (χ0) is 14.5. The second-order valence-electron chi connectivity index (χ2n) is 4.72. The van der Waals surface area contributed by atoms with Crippen molar-refractivity contribution in [2.45, 2.75) is 25.3 Å². The minimum atomic E-state index is -0.872. The number of carbonyl (C=O) groups is 2. The van der Waals surface area contributed by atoms with Gasteiger partial charge in [-0.05, 0) is 37.1 Å². The smallest absolute Gasteiger partial charge is 0.305 e. The first kappa shape index (κ1) is 14.8. The second-order valence-corrected chi connectivity index (χ2v) is 5.64. The monoisotopic (exact) mass is 341 g/mol. The van der Waals surface area contributed by atoms with Crippen LogP contribution in [0.4, 0.5) is 0 Å². The highest BCUT2D eigenvalue weighted by atomic mass is 79.9. The van der Waals surface area contributed by atoms with Gasteiger partial charge in [-0.2, -0.15) is 0 Å². The van der Waals surface area contributed by atoms with Gasteiger partial charge < -0.3 is 14.7 Å². The molecule has 1 aliphatic rings. The van der Waals surface area contributed by atoms with E-state index in [1.54, 1.807) is 17.0 Å². The zero-order valence-electron chi connectivity index (χ0n) is 10.9. The van der Waals surface area contributed by atoms with Crippen LogP contribution < -0.4 is 4.74 Å². The van der Waals surface area contributed by atoms with Gasteiger partial charge >= 0.3 is 5.97 Å². The van der Waals surface area contributed by atoms with Crippen LogP contribution in [0.5, 0.6) is 5.75 Å². The van der Waals surface area contributed by atoms with Crippen molar-refractivity contribution in [2.75, 3.05) is 13.2 Å². The van der Waals surface area contributed by atoms with E-state index in [4.69, 9.17) is 9.84 Å². The molecule has 0 radical (unpaired) electrons. The molecule has 1 saturated heterocycles. The molecule has 1 heterocycles. The molecule has 1 unspecified atom stereocenters. The molecule has 0 bridgehead atoms. The number of carboxylic acid groups (broad SMARTS) is 1. The summed E-state index contributed by atoms with van der Waals surface area (Å²) in [5, 5.41) is 8.83. The van der Waals surface area contributed by atoms with Crippen molar-refractivity contribution in [3.05, 3.63) is 28.7 Å². The van der Waals surface area contributed by atoms with Crippen LogP contribution in [0.1, 0.15) is 19.3 Å². The Morgan fingerprint density at radius 2 is 2.05 bits per heavy atom. The lowest BCUT2D eigenvalue weighted by molar-refractivity contribution is -0.140.